The molecule has 10 nitrogen and oxygen atoms in total. The van der Waals surface area contributed by atoms with Gasteiger partial charge in [-0.05, 0) is 18.9 Å². The number of benzene rings is 1. The number of carbonyl (C=O) groups excluding carboxylic acids is 3. The first kappa shape index (κ1) is 22.1. The Labute approximate surface area is 156 Å². The fourth-order valence-electron chi connectivity index (χ4n) is 2.14. The van der Waals surface area contributed by atoms with Crippen LogP contribution in [-0.4, -0.2) is 65.2 Å². The van der Waals surface area contributed by atoms with Gasteiger partial charge in [0.1, 0.15) is 12.6 Å². The van der Waals surface area contributed by atoms with Crippen molar-refractivity contribution in [1.82, 2.24) is 16.0 Å². The van der Waals surface area contributed by atoms with Crippen molar-refractivity contribution in [3.63, 3.8) is 0 Å². The number of aliphatic hydroxyl groups is 1. The first-order valence-electron chi connectivity index (χ1n) is 8.25. The molecule has 0 aromatic heterocycles. The molecule has 0 fully saturated rings. The maximum Gasteiger partial charge on any atom is 0.322 e. The lowest BCUT2D eigenvalue weighted by Crippen LogP contribution is -2.57. The van der Waals surface area contributed by atoms with Gasteiger partial charge in [-0.1, -0.05) is 30.3 Å². The second kappa shape index (κ2) is 10.9. The SMILES string of the molecule is CC(O)C(NC(=O)C(N)Cc1ccccc1)C(=O)NCC(=O)NCC(=O)O. The van der Waals surface area contributed by atoms with Gasteiger partial charge in [0, 0.05) is 0 Å². The number of rotatable bonds is 10. The molecular formula is C17H24N4O6. The fourth-order valence-corrected chi connectivity index (χ4v) is 2.14. The number of nitrogens with two attached hydrogens (primary N) is 1. The minimum Gasteiger partial charge on any atom is -0.480 e. The molecule has 0 spiro atoms. The first-order chi connectivity index (χ1) is 12.7. The summed E-state index contributed by atoms with van der Waals surface area (Å²) in [4.78, 5) is 46.1. The Kier molecular flexibility index (Phi) is 8.90. The predicted octanol–water partition coefficient (Wildman–Crippen LogP) is -2.26. The Bertz CT molecular complexity index is 665. The number of hydrogen-bond donors (Lipinski definition) is 6. The summed E-state index contributed by atoms with van der Waals surface area (Å²) in [6.45, 7) is 0.221. The first-order valence-corrected chi connectivity index (χ1v) is 8.25. The maximum atomic E-state index is 12.2. The van der Waals surface area contributed by atoms with E-state index in [2.05, 4.69) is 16.0 Å². The molecule has 0 saturated carbocycles. The lowest BCUT2D eigenvalue weighted by molar-refractivity contribution is -0.138. The minimum atomic E-state index is -1.31. The van der Waals surface area contributed by atoms with Crippen LogP contribution in [0.5, 0.6) is 0 Å². The average molecular weight is 380 g/mol. The smallest absolute Gasteiger partial charge is 0.322 e. The molecule has 0 saturated heterocycles. The van der Waals surface area contributed by atoms with E-state index < -0.39 is 55.0 Å². The predicted molar refractivity (Wildman–Crippen MR) is 95.4 cm³/mol. The van der Waals surface area contributed by atoms with Crippen molar-refractivity contribution >= 4 is 23.7 Å². The summed E-state index contributed by atoms with van der Waals surface area (Å²) in [7, 11) is 0. The number of nitrogens with one attached hydrogen (secondary N) is 3. The topological polar surface area (TPSA) is 171 Å². The molecule has 3 amide bonds. The molecular weight excluding hydrogens is 356 g/mol. The van der Waals surface area contributed by atoms with Crippen LogP contribution in [0, 0.1) is 0 Å². The standard InChI is InChI=1S/C17H24N4O6/c1-10(22)15(17(27)20-8-13(23)19-9-14(24)25)21-16(26)12(18)7-11-5-3-2-4-6-11/h2-6,10,12,15,22H,7-9,18H2,1H3,(H,19,23)(H,20,27)(H,21,26)(H,24,25). The summed E-state index contributed by atoms with van der Waals surface area (Å²) in [6, 6.07) is 6.81. The molecule has 0 heterocycles. The summed E-state index contributed by atoms with van der Waals surface area (Å²) in [5.41, 5.74) is 6.68. The number of aliphatic hydroxyl groups excluding tert-OH is 1. The van der Waals surface area contributed by atoms with Crippen LogP contribution in [-0.2, 0) is 25.6 Å². The van der Waals surface area contributed by atoms with E-state index in [4.69, 9.17) is 10.8 Å². The van der Waals surface area contributed by atoms with Crippen molar-refractivity contribution in [1.29, 1.82) is 0 Å². The quantitative estimate of drug-likeness (QED) is 0.266. The van der Waals surface area contributed by atoms with Crippen LogP contribution in [0.1, 0.15) is 12.5 Å². The van der Waals surface area contributed by atoms with Gasteiger partial charge in [-0.15, -0.1) is 0 Å². The second-order valence-electron chi connectivity index (χ2n) is 5.91. The number of amides is 3. The second-order valence-corrected chi connectivity index (χ2v) is 5.91. The average Bonchev–Trinajstić information content (AvgIpc) is 2.62. The van der Waals surface area contributed by atoms with Crippen LogP contribution in [0.15, 0.2) is 30.3 Å². The van der Waals surface area contributed by atoms with Crippen molar-refractivity contribution in [2.24, 2.45) is 5.73 Å². The molecule has 0 aliphatic heterocycles. The number of hydrogen-bond acceptors (Lipinski definition) is 6. The Morgan fingerprint density at radius 1 is 1.04 bits per heavy atom. The zero-order valence-corrected chi connectivity index (χ0v) is 14.8. The van der Waals surface area contributed by atoms with Gasteiger partial charge < -0.3 is 31.9 Å². The van der Waals surface area contributed by atoms with E-state index in [-0.39, 0.29) is 6.42 Å². The Balaban J connectivity index is 2.56. The van der Waals surface area contributed by atoms with E-state index in [9.17, 15) is 24.3 Å². The molecule has 10 heteroatoms. The zero-order valence-electron chi connectivity index (χ0n) is 14.8. The molecule has 148 valence electrons. The van der Waals surface area contributed by atoms with Crippen molar-refractivity contribution in [3.8, 4) is 0 Å². The Morgan fingerprint density at radius 2 is 1.67 bits per heavy atom. The Hall–Kier alpha value is -2.98. The lowest BCUT2D eigenvalue weighted by atomic mass is 10.0. The van der Waals surface area contributed by atoms with Crippen LogP contribution < -0.4 is 21.7 Å². The van der Waals surface area contributed by atoms with Gasteiger partial charge >= 0.3 is 5.97 Å². The number of carboxylic acid groups (broad SMARTS) is 1. The summed E-state index contributed by atoms with van der Waals surface area (Å²) in [6.07, 6.45) is -0.988. The van der Waals surface area contributed by atoms with Crippen molar-refractivity contribution in [3.05, 3.63) is 35.9 Å². The van der Waals surface area contributed by atoms with Crippen molar-refractivity contribution in [2.75, 3.05) is 13.1 Å². The highest BCUT2D eigenvalue weighted by Crippen LogP contribution is 2.03. The maximum absolute atomic E-state index is 12.2. The van der Waals surface area contributed by atoms with E-state index in [0.717, 1.165) is 5.56 Å². The van der Waals surface area contributed by atoms with Gasteiger partial charge in [-0.25, -0.2) is 0 Å². The van der Waals surface area contributed by atoms with Crippen LogP contribution in [0.2, 0.25) is 0 Å². The molecule has 0 aliphatic carbocycles. The normalized spacial score (nSPS) is 13.7. The molecule has 1 rings (SSSR count). The van der Waals surface area contributed by atoms with Crippen LogP contribution in [0.3, 0.4) is 0 Å². The monoisotopic (exact) mass is 380 g/mol. The lowest BCUT2D eigenvalue weighted by Gasteiger charge is -2.22. The van der Waals surface area contributed by atoms with Gasteiger partial charge in [0.05, 0.1) is 18.7 Å². The molecule has 7 N–H and O–H groups in total. The highest BCUT2D eigenvalue weighted by molar-refractivity contribution is 5.92. The van der Waals surface area contributed by atoms with Gasteiger partial charge in [-0.2, -0.15) is 0 Å². The number of aliphatic carboxylic acids is 1. The zero-order chi connectivity index (χ0) is 20.4. The van der Waals surface area contributed by atoms with Gasteiger partial charge in [0.25, 0.3) is 0 Å². The summed E-state index contributed by atoms with van der Waals surface area (Å²) < 4.78 is 0. The van der Waals surface area contributed by atoms with Crippen LogP contribution >= 0.6 is 0 Å². The van der Waals surface area contributed by atoms with E-state index in [1.807, 2.05) is 18.2 Å². The molecule has 1 aromatic rings. The van der Waals surface area contributed by atoms with Crippen molar-refractivity contribution < 1.29 is 29.4 Å². The third-order valence-electron chi connectivity index (χ3n) is 3.56. The van der Waals surface area contributed by atoms with Crippen LogP contribution in [0.25, 0.3) is 0 Å². The van der Waals surface area contributed by atoms with E-state index in [1.54, 1.807) is 12.1 Å². The Morgan fingerprint density at radius 3 is 2.22 bits per heavy atom. The summed E-state index contributed by atoms with van der Waals surface area (Å²) >= 11 is 0. The van der Waals surface area contributed by atoms with Crippen LogP contribution in [0.4, 0.5) is 0 Å². The van der Waals surface area contributed by atoms with E-state index in [0.29, 0.717) is 0 Å². The van der Waals surface area contributed by atoms with Gasteiger partial charge in [0.2, 0.25) is 17.7 Å². The molecule has 27 heavy (non-hydrogen) atoms. The third kappa shape index (κ3) is 8.29. The highest BCUT2D eigenvalue weighted by Gasteiger charge is 2.28. The van der Waals surface area contributed by atoms with E-state index in [1.165, 1.54) is 6.92 Å². The molecule has 0 radical (unpaired) electrons. The highest BCUT2D eigenvalue weighted by atomic mass is 16.4. The number of carbonyl (C=O) groups is 4. The van der Waals surface area contributed by atoms with Gasteiger partial charge in [0.15, 0.2) is 0 Å². The summed E-state index contributed by atoms with van der Waals surface area (Å²) in [5.74, 6) is -3.37. The third-order valence-corrected chi connectivity index (χ3v) is 3.56. The largest absolute Gasteiger partial charge is 0.480 e. The molecule has 1 aromatic carbocycles. The molecule has 3 unspecified atom stereocenters. The van der Waals surface area contributed by atoms with Gasteiger partial charge in [-0.3, -0.25) is 19.2 Å². The van der Waals surface area contributed by atoms with Crippen molar-refractivity contribution in [2.45, 2.75) is 31.5 Å². The number of carboxylic acids is 1. The molecule has 0 aliphatic rings. The fraction of sp³-hybridized carbons (Fsp3) is 0.412. The van der Waals surface area contributed by atoms with E-state index >= 15 is 0 Å². The minimum absolute atomic E-state index is 0.248. The molecule has 0 bridgehead atoms. The summed E-state index contributed by atoms with van der Waals surface area (Å²) in [5, 5.41) is 24.9. The molecule has 3 atom stereocenters.